The van der Waals surface area contributed by atoms with Gasteiger partial charge < -0.3 is 9.64 Å². The van der Waals surface area contributed by atoms with Crippen molar-refractivity contribution in [1.29, 1.82) is 0 Å². The number of rotatable bonds is 0. The van der Waals surface area contributed by atoms with Crippen molar-refractivity contribution >= 4 is 5.91 Å². The van der Waals surface area contributed by atoms with Crippen LogP contribution in [-0.2, 0) is 9.53 Å². The predicted molar refractivity (Wildman–Crippen MR) is 32.7 cm³/mol. The highest BCUT2D eigenvalue weighted by molar-refractivity contribution is 5.78. The van der Waals surface area contributed by atoms with Crippen molar-refractivity contribution in [3.8, 4) is 0 Å². The second-order valence-electron chi connectivity index (χ2n) is 1.90. The molecule has 0 spiro atoms. The lowest BCUT2D eigenvalue weighted by atomic mass is 10.6. The minimum atomic E-state index is 0.00347. The number of likely N-dealkylation sites (N-methyl/N-ethyl adjacent to an activating group) is 1. The molecule has 3 heteroatoms. The van der Waals surface area contributed by atoms with E-state index in [-0.39, 0.29) is 12.5 Å². The van der Waals surface area contributed by atoms with Gasteiger partial charge in [-0.2, -0.15) is 0 Å². The molecule has 50 valence electrons. The molecule has 1 aliphatic rings. The molecule has 3 nitrogen and oxygen atoms in total. The molecule has 0 unspecified atom stereocenters. The SMILES string of the molecule is CN1C=CCOCC1=O. The Morgan fingerprint density at radius 3 is 3.33 bits per heavy atom. The topological polar surface area (TPSA) is 29.5 Å². The van der Waals surface area contributed by atoms with Crippen LogP contribution in [0.15, 0.2) is 12.3 Å². The average Bonchev–Trinajstić information content (AvgIpc) is 1.99. The molecule has 1 rings (SSSR count). The first-order valence-corrected chi connectivity index (χ1v) is 2.81. The molecule has 0 radical (unpaired) electrons. The van der Waals surface area contributed by atoms with E-state index in [4.69, 9.17) is 4.74 Å². The van der Waals surface area contributed by atoms with E-state index in [1.165, 1.54) is 4.90 Å². The zero-order chi connectivity index (χ0) is 6.69. The van der Waals surface area contributed by atoms with Crippen LogP contribution >= 0.6 is 0 Å². The molecule has 1 aliphatic heterocycles. The van der Waals surface area contributed by atoms with Crippen LogP contribution in [-0.4, -0.2) is 31.1 Å². The minimum Gasteiger partial charge on any atom is -0.368 e. The molecule has 9 heavy (non-hydrogen) atoms. The summed E-state index contributed by atoms with van der Waals surface area (Å²) >= 11 is 0. The van der Waals surface area contributed by atoms with Crippen molar-refractivity contribution in [1.82, 2.24) is 4.90 Å². The van der Waals surface area contributed by atoms with Gasteiger partial charge in [-0.1, -0.05) is 0 Å². The van der Waals surface area contributed by atoms with E-state index >= 15 is 0 Å². The normalized spacial score (nSPS) is 20.1. The summed E-state index contributed by atoms with van der Waals surface area (Å²) in [5.74, 6) is 0.00347. The number of amides is 1. The van der Waals surface area contributed by atoms with Crippen molar-refractivity contribution in [2.75, 3.05) is 20.3 Å². The van der Waals surface area contributed by atoms with Crippen molar-refractivity contribution < 1.29 is 9.53 Å². The summed E-state index contributed by atoms with van der Waals surface area (Å²) < 4.78 is 4.90. The predicted octanol–water partition coefficient (Wildman–Crippen LogP) is -0.0113. The van der Waals surface area contributed by atoms with E-state index in [1.807, 2.05) is 6.08 Å². The summed E-state index contributed by atoms with van der Waals surface area (Å²) in [5, 5.41) is 0. The third kappa shape index (κ3) is 1.54. The van der Waals surface area contributed by atoms with E-state index in [0.29, 0.717) is 6.61 Å². The maximum Gasteiger partial charge on any atom is 0.252 e. The number of carbonyl (C=O) groups is 1. The molecule has 0 atom stereocenters. The van der Waals surface area contributed by atoms with E-state index < -0.39 is 0 Å². The van der Waals surface area contributed by atoms with Gasteiger partial charge in [-0.15, -0.1) is 0 Å². The van der Waals surface area contributed by atoms with Gasteiger partial charge in [-0.25, -0.2) is 0 Å². The van der Waals surface area contributed by atoms with Gasteiger partial charge in [0, 0.05) is 13.2 Å². The fourth-order valence-electron chi connectivity index (χ4n) is 0.600. The van der Waals surface area contributed by atoms with Gasteiger partial charge in [-0.3, -0.25) is 4.79 Å². The molecule has 0 saturated carbocycles. The molecule has 0 aromatic rings. The van der Waals surface area contributed by atoms with Crippen molar-refractivity contribution in [3.63, 3.8) is 0 Å². The molecule has 1 heterocycles. The van der Waals surface area contributed by atoms with Gasteiger partial charge in [0.25, 0.3) is 5.91 Å². The molecule has 0 aromatic carbocycles. The fourth-order valence-corrected chi connectivity index (χ4v) is 0.600. The van der Waals surface area contributed by atoms with Crippen LogP contribution in [0.4, 0.5) is 0 Å². The average molecular weight is 127 g/mol. The lowest BCUT2D eigenvalue weighted by Gasteiger charge is -2.06. The number of ether oxygens (including phenoxy) is 1. The number of hydrogen-bond acceptors (Lipinski definition) is 2. The molecule has 0 aliphatic carbocycles. The van der Waals surface area contributed by atoms with Crippen LogP contribution in [0.1, 0.15) is 0 Å². The first-order valence-electron chi connectivity index (χ1n) is 2.81. The van der Waals surface area contributed by atoms with Gasteiger partial charge >= 0.3 is 0 Å². The minimum absolute atomic E-state index is 0.00347. The first-order chi connectivity index (χ1) is 4.30. The Kier molecular flexibility index (Phi) is 1.85. The standard InChI is InChI=1S/C6H9NO2/c1-7-3-2-4-9-5-6(7)8/h2-3H,4-5H2,1H3. The van der Waals surface area contributed by atoms with Crippen molar-refractivity contribution in [2.45, 2.75) is 0 Å². The maximum absolute atomic E-state index is 10.8. The van der Waals surface area contributed by atoms with Gasteiger partial charge in [0.15, 0.2) is 0 Å². The lowest BCUT2D eigenvalue weighted by Crippen LogP contribution is -2.23. The Bertz CT molecular complexity index is 142. The number of nitrogens with zero attached hydrogens (tertiary/aromatic N) is 1. The van der Waals surface area contributed by atoms with E-state index in [9.17, 15) is 4.79 Å². The van der Waals surface area contributed by atoms with Crippen LogP contribution in [0.5, 0.6) is 0 Å². The van der Waals surface area contributed by atoms with Crippen molar-refractivity contribution in [2.24, 2.45) is 0 Å². The maximum atomic E-state index is 10.8. The summed E-state index contributed by atoms with van der Waals surface area (Å²) in [5.41, 5.74) is 0. The van der Waals surface area contributed by atoms with Crippen LogP contribution < -0.4 is 0 Å². The van der Waals surface area contributed by atoms with E-state index in [1.54, 1.807) is 13.2 Å². The summed E-state index contributed by atoms with van der Waals surface area (Å²) in [6.07, 6.45) is 3.53. The third-order valence-electron chi connectivity index (χ3n) is 1.16. The van der Waals surface area contributed by atoms with E-state index in [0.717, 1.165) is 0 Å². The monoisotopic (exact) mass is 127 g/mol. The van der Waals surface area contributed by atoms with Crippen LogP contribution in [0.2, 0.25) is 0 Å². The van der Waals surface area contributed by atoms with E-state index in [2.05, 4.69) is 0 Å². The van der Waals surface area contributed by atoms with Gasteiger partial charge in [0.2, 0.25) is 0 Å². The lowest BCUT2D eigenvalue weighted by molar-refractivity contribution is -0.131. The van der Waals surface area contributed by atoms with Crippen LogP contribution in [0, 0.1) is 0 Å². The van der Waals surface area contributed by atoms with Crippen molar-refractivity contribution in [3.05, 3.63) is 12.3 Å². The smallest absolute Gasteiger partial charge is 0.252 e. The zero-order valence-electron chi connectivity index (χ0n) is 5.33. The van der Waals surface area contributed by atoms with Crippen LogP contribution in [0.25, 0.3) is 0 Å². The van der Waals surface area contributed by atoms with Gasteiger partial charge in [-0.05, 0) is 6.08 Å². The third-order valence-corrected chi connectivity index (χ3v) is 1.16. The molecular weight excluding hydrogens is 118 g/mol. The van der Waals surface area contributed by atoms with Gasteiger partial charge in [0.05, 0.1) is 6.61 Å². The molecule has 0 N–H and O–H groups in total. The Morgan fingerprint density at radius 2 is 2.56 bits per heavy atom. The first kappa shape index (κ1) is 6.29. The quantitative estimate of drug-likeness (QED) is 0.458. The number of carbonyl (C=O) groups excluding carboxylic acids is 1. The highest BCUT2D eigenvalue weighted by Crippen LogP contribution is 1.93. The molecule has 0 aromatic heterocycles. The Morgan fingerprint density at radius 1 is 1.78 bits per heavy atom. The summed E-state index contributed by atoms with van der Waals surface area (Å²) in [4.78, 5) is 12.3. The molecule has 0 fully saturated rings. The number of hydrogen-bond donors (Lipinski definition) is 0. The van der Waals surface area contributed by atoms with Crippen LogP contribution in [0.3, 0.4) is 0 Å². The van der Waals surface area contributed by atoms with Gasteiger partial charge in [0.1, 0.15) is 6.61 Å². The Labute approximate surface area is 53.9 Å². The molecular formula is C6H9NO2. The second kappa shape index (κ2) is 2.64. The molecule has 0 bridgehead atoms. The fraction of sp³-hybridized carbons (Fsp3) is 0.500. The molecule has 0 saturated heterocycles. The summed E-state index contributed by atoms with van der Waals surface area (Å²) in [6, 6.07) is 0. The Balaban J connectivity index is 2.56. The Hall–Kier alpha value is -0.830. The summed E-state index contributed by atoms with van der Waals surface area (Å²) in [7, 11) is 1.72. The largest absolute Gasteiger partial charge is 0.368 e. The second-order valence-corrected chi connectivity index (χ2v) is 1.90. The highest BCUT2D eigenvalue weighted by Gasteiger charge is 2.06. The molecule has 1 amide bonds. The highest BCUT2D eigenvalue weighted by atomic mass is 16.5. The summed E-state index contributed by atoms with van der Waals surface area (Å²) in [6.45, 7) is 0.736. The zero-order valence-corrected chi connectivity index (χ0v) is 5.33.